The quantitative estimate of drug-likeness (QED) is 0.883. The SMILES string of the molecule is NC(c1cccc(Cl)c1)c1csc(Br)c1. The molecule has 0 aliphatic carbocycles. The molecule has 0 bridgehead atoms. The van der Waals surface area contributed by atoms with Gasteiger partial charge in [-0.05, 0) is 50.6 Å². The van der Waals surface area contributed by atoms with E-state index in [0.29, 0.717) is 0 Å². The van der Waals surface area contributed by atoms with Crippen LogP contribution in [-0.4, -0.2) is 0 Å². The minimum atomic E-state index is -0.105. The second-order valence-electron chi connectivity index (χ2n) is 3.22. The fraction of sp³-hybridized carbons (Fsp3) is 0.0909. The third-order valence-corrected chi connectivity index (χ3v) is 3.91. The van der Waals surface area contributed by atoms with Gasteiger partial charge >= 0.3 is 0 Å². The van der Waals surface area contributed by atoms with Crippen LogP contribution in [0.1, 0.15) is 17.2 Å². The second-order valence-corrected chi connectivity index (χ2v) is 5.94. The molecule has 1 aromatic carbocycles. The fourth-order valence-electron chi connectivity index (χ4n) is 1.38. The summed E-state index contributed by atoms with van der Waals surface area (Å²) < 4.78 is 1.09. The molecular formula is C11H9BrClNS. The molecule has 1 aromatic heterocycles. The summed E-state index contributed by atoms with van der Waals surface area (Å²) in [6.45, 7) is 0. The first-order valence-electron chi connectivity index (χ1n) is 4.42. The smallest absolute Gasteiger partial charge is 0.0701 e. The monoisotopic (exact) mass is 301 g/mol. The van der Waals surface area contributed by atoms with Gasteiger partial charge in [-0.2, -0.15) is 0 Å². The van der Waals surface area contributed by atoms with Crippen LogP contribution in [0.15, 0.2) is 39.5 Å². The predicted molar refractivity (Wildman–Crippen MR) is 69.5 cm³/mol. The van der Waals surface area contributed by atoms with E-state index in [2.05, 4.69) is 21.3 Å². The summed E-state index contributed by atoms with van der Waals surface area (Å²) in [5, 5.41) is 2.77. The summed E-state index contributed by atoms with van der Waals surface area (Å²) in [6, 6.07) is 9.59. The van der Waals surface area contributed by atoms with Crippen LogP contribution < -0.4 is 5.73 Å². The zero-order valence-corrected chi connectivity index (χ0v) is 10.9. The van der Waals surface area contributed by atoms with Crippen molar-refractivity contribution in [2.24, 2.45) is 5.73 Å². The molecule has 0 amide bonds. The van der Waals surface area contributed by atoms with E-state index in [1.54, 1.807) is 11.3 Å². The number of thiophene rings is 1. The zero-order valence-electron chi connectivity index (χ0n) is 7.78. The van der Waals surface area contributed by atoms with Gasteiger partial charge in [-0.25, -0.2) is 0 Å². The molecule has 1 heterocycles. The topological polar surface area (TPSA) is 26.0 Å². The van der Waals surface area contributed by atoms with Gasteiger partial charge in [0, 0.05) is 5.02 Å². The van der Waals surface area contributed by atoms with E-state index in [4.69, 9.17) is 17.3 Å². The Kier molecular flexibility index (Phi) is 3.46. The number of benzene rings is 1. The normalized spacial score (nSPS) is 12.7. The van der Waals surface area contributed by atoms with Gasteiger partial charge in [-0.3, -0.25) is 0 Å². The molecule has 1 atom stereocenters. The van der Waals surface area contributed by atoms with E-state index in [9.17, 15) is 0 Å². The van der Waals surface area contributed by atoms with E-state index in [0.717, 1.165) is 19.9 Å². The van der Waals surface area contributed by atoms with Gasteiger partial charge in [0.25, 0.3) is 0 Å². The summed E-state index contributed by atoms with van der Waals surface area (Å²) in [5.41, 5.74) is 8.27. The van der Waals surface area contributed by atoms with Gasteiger partial charge in [0.1, 0.15) is 0 Å². The van der Waals surface area contributed by atoms with Gasteiger partial charge < -0.3 is 5.73 Å². The Morgan fingerprint density at radius 3 is 2.67 bits per heavy atom. The molecule has 4 heteroatoms. The first-order chi connectivity index (χ1) is 7.16. The number of rotatable bonds is 2. The van der Waals surface area contributed by atoms with E-state index in [1.165, 1.54) is 0 Å². The third kappa shape index (κ3) is 2.61. The summed E-state index contributed by atoms with van der Waals surface area (Å²) in [6.07, 6.45) is 0. The average Bonchev–Trinajstić information content (AvgIpc) is 2.64. The average molecular weight is 303 g/mol. The molecule has 2 N–H and O–H groups in total. The molecule has 1 nitrogen and oxygen atoms in total. The molecule has 2 aromatic rings. The van der Waals surface area contributed by atoms with E-state index in [1.807, 2.05) is 30.3 Å². The highest BCUT2D eigenvalue weighted by molar-refractivity contribution is 9.11. The lowest BCUT2D eigenvalue weighted by atomic mass is 10.0. The maximum absolute atomic E-state index is 6.13. The molecule has 0 radical (unpaired) electrons. The highest BCUT2D eigenvalue weighted by atomic mass is 79.9. The lowest BCUT2D eigenvalue weighted by Gasteiger charge is -2.10. The Balaban J connectivity index is 2.32. The third-order valence-electron chi connectivity index (χ3n) is 2.15. The van der Waals surface area contributed by atoms with Crippen molar-refractivity contribution < 1.29 is 0 Å². The molecule has 0 spiro atoms. The van der Waals surface area contributed by atoms with Crippen molar-refractivity contribution in [1.29, 1.82) is 0 Å². The van der Waals surface area contributed by atoms with Crippen LogP contribution in [0.5, 0.6) is 0 Å². The van der Waals surface area contributed by atoms with Gasteiger partial charge in [0.15, 0.2) is 0 Å². The summed E-state index contributed by atoms with van der Waals surface area (Å²) in [7, 11) is 0. The minimum absolute atomic E-state index is 0.105. The molecule has 15 heavy (non-hydrogen) atoms. The number of hydrogen-bond donors (Lipinski definition) is 1. The summed E-state index contributed by atoms with van der Waals surface area (Å²) in [5.74, 6) is 0. The number of hydrogen-bond acceptors (Lipinski definition) is 2. The van der Waals surface area contributed by atoms with Crippen molar-refractivity contribution in [3.63, 3.8) is 0 Å². The molecular weight excluding hydrogens is 294 g/mol. The highest BCUT2D eigenvalue weighted by Gasteiger charge is 2.10. The fourth-order valence-corrected chi connectivity index (χ4v) is 2.79. The van der Waals surface area contributed by atoms with Gasteiger partial charge in [0.05, 0.1) is 9.83 Å². The lowest BCUT2D eigenvalue weighted by Crippen LogP contribution is -2.10. The maximum Gasteiger partial charge on any atom is 0.0701 e. The molecule has 0 saturated carbocycles. The summed E-state index contributed by atoms with van der Waals surface area (Å²) in [4.78, 5) is 0. The van der Waals surface area contributed by atoms with Crippen LogP contribution in [0.3, 0.4) is 0 Å². The van der Waals surface area contributed by atoms with E-state index in [-0.39, 0.29) is 6.04 Å². The molecule has 0 aliphatic rings. The standard InChI is InChI=1S/C11H9BrClNS/c12-10-5-8(6-15-10)11(14)7-2-1-3-9(13)4-7/h1-6,11H,14H2. The summed E-state index contributed by atoms with van der Waals surface area (Å²) >= 11 is 11.0. The minimum Gasteiger partial charge on any atom is -0.320 e. The molecule has 78 valence electrons. The van der Waals surface area contributed by atoms with Gasteiger partial charge in [-0.15, -0.1) is 11.3 Å². The van der Waals surface area contributed by atoms with Gasteiger partial charge in [-0.1, -0.05) is 23.7 Å². The highest BCUT2D eigenvalue weighted by Crippen LogP contribution is 2.28. The van der Waals surface area contributed by atoms with E-state index < -0.39 is 0 Å². The van der Waals surface area contributed by atoms with Crippen LogP contribution in [0, 0.1) is 0 Å². The molecule has 2 rings (SSSR count). The van der Waals surface area contributed by atoms with Crippen molar-refractivity contribution in [2.45, 2.75) is 6.04 Å². The van der Waals surface area contributed by atoms with Crippen molar-refractivity contribution in [1.82, 2.24) is 0 Å². The Bertz CT molecular complexity index is 469. The molecule has 1 unspecified atom stereocenters. The Morgan fingerprint density at radius 1 is 1.27 bits per heavy atom. The zero-order chi connectivity index (χ0) is 10.8. The first-order valence-corrected chi connectivity index (χ1v) is 6.47. The van der Waals surface area contributed by atoms with Crippen LogP contribution in [0.2, 0.25) is 5.02 Å². The van der Waals surface area contributed by atoms with Crippen molar-refractivity contribution in [3.8, 4) is 0 Å². The number of halogens is 2. The molecule has 0 aliphatic heterocycles. The van der Waals surface area contributed by atoms with Crippen LogP contribution >= 0.6 is 38.9 Å². The van der Waals surface area contributed by atoms with Crippen LogP contribution in [0.25, 0.3) is 0 Å². The van der Waals surface area contributed by atoms with E-state index >= 15 is 0 Å². The molecule has 0 saturated heterocycles. The maximum atomic E-state index is 6.13. The van der Waals surface area contributed by atoms with Gasteiger partial charge in [0.2, 0.25) is 0 Å². The lowest BCUT2D eigenvalue weighted by molar-refractivity contribution is 0.876. The largest absolute Gasteiger partial charge is 0.320 e. The van der Waals surface area contributed by atoms with Crippen molar-refractivity contribution in [2.75, 3.05) is 0 Å². The van der Waals surface area contributed by atoms with Crippen molar-refractivity contribution >= 4 is 38.9 Å². The number of nitrogens with two attached hydrogens (primary N) is 1. The Morgan fingerprint density at radius 2 is 2.07 bits per heavy atom. The molecule has 0 fully saturated rings. The van der Waals surface area contributed by atoms with Crippen LogP contribution in [-0.2, 0) is 0 Å². The predicted octanol–water partition coefficient (Wildman–Crippen LogP) is 4.21. The first kappa shape index (κ1) is 11.1. The van der Waals surface area contributed by atoms with Crippen LogP contribution in [0.4, 0.5) is 0 Å². The Hall–Kier alpha value is -0.350. The van der Waals surface area contributed by atoms with Crippen molar-refractivity contribution in [3.05, 3.63) is 55.6 Å². The second kappa shape index (κ2) is 4.66. The Labute approximate surface area is 106 Å².